The van der Waals surface area contributed by atoms with Gasteiger partial charge in [0.15, 0.2) is 6.54 Å². The molecule has 2 heterocycles. The van der Waals surface area contributed by atoms with Gasteiger partial charge in [-0.2, -0.15) is 5.01 Å². The van der Waals surface area contributed by atoms with Crippen LogP contribution in [0.1, 0.15) is 32.1 Å². The van der Waals surface area contributed by atoms with Crippen LogP contribution in [0.2, 0.25) is 0 Å². The highest BCUT2D eigenvalue weighted by atomic mass is 19.1. The lowest BCUT2D eigenvalue weighted by Crippen LogP contribution is -3.16. The van der Waals surface area contributed by atoms with E-state index in [1.54, 1.807) is 12.1 Å². The maximum atomic E-state index is 13.1. The van der Waals surface area contributed by atoms with Crippen molar-refractivity contribution in [1.82, 2.24) is 15.8 Å². The van der Waals surface area contributed by atoms with Crippen molar-refractivity contribution in [2.24, 2.45) is 0 Å². The van der Waals surface area contributed by atoms with E-state index in [1.165, 1.54) is 12.1 Å². The number of benzene rings is 1. The molecule has 4 amide bonds. The lowest BCUT2D eigenvalue weighted by atomic mass is 9.82. The predicted octanol–water partition coefficient (Wildman–Crippen LogP) is -0.183. The quantitative estimate of drug-likeness (QED) is 0.608. The number of carbonyl (C=O) groups excluding carboxylic acids is 3. The van der Waals surface area contributed by atoms with Gasteiger partial charge in [0.2, 0.25) is 0 Å². The van der Waals surface area contributed by atoms with E-state index in [-0.39, 0.29) is 24.2 Å². The molecule has 2 saturated heterocycles. The number of hydrogen-bond donors (Lipinski definition) is 3. The Balaban J connectivity index is 1.28. The van der Waals surface area contributed by atoms with Crippen molar-refractivity contribution in [2.75, 3.05) is 37.6 Å². The van der Waals surface area contributed by atoms with Crippen LogP contribution in [-0.2, 0) is 9.59 Å². The second kappa shape index (κ2) is 7.98. The van der Waals surface area contributed by atoms with Gasteiger partial charge in [0, 0.05) is 5.69 Å². The van der Waals surface area contributed by atoms with Crippen LogP contribution in [0.15, 0.2) is 24.3 Å². The Kier molecular flexibility index (Phi) is 5.40. The molecule has 156 valence electrons. The van der Waals surface area contributed by atoms with E-state index in [1.807, 2.05) is 0 Å². The first-order valence-corrected chi connectivity index (χ1v) is 10.3. The van der Waals surface area contributed by atoms with Crippen LogP contribution >= 0.6 is 0 Å². The van der Waals surface area contributed by atoms with Crippen LogP contribution in [0.3, 0.4) is 0 Å². The molecule has 29 heavy (non-hydrogen) atoms. The van der Waals surface area contributed by atoms with E-state index in [0.717, 1.165) is 61.0 Å². The lowest BCUT2D eigenvalue weighted by molar-refractivity contribution is -0.892. The first-order valence-electron chi connectivity index (χ1n) is 10.3. The van der Waals surface area contributed by atoms with Crippen LogP contribution in [-0.4, -0.2) is 61.1 Å². The molecule has 8 nitrogen and oxygen atoms in total. The normalized spacial score (nSPS) is 22.1. The third-order valence-corrected chi connectivity index (χ3v) is 6.18. The number of quaternary nitrogens is 1. The zero-order valence-corrected chi connectivity index (χ0v) is 16.4. The van der Waals surface area contributed by atoms with Gasteiger partial charge in [-0.3, -0.25) is 15.0 Å². The summed E-state index contributed by atoms with van der Waals surface area (Å²) in [6.45, 7) is 3.19. The molecule has 2 aliphatic heterocycles. The fraction of sp³-hybridized carbons (Fsp3) is 0.550. The smallest absolute Gasteiger partial charge is 0.344 e. The molecule has 1 aromatic rings. The van der Waals surface area contributed by atoms with Gasteiger partial charge in [-0.1, -0.05) is 19.3 Å². The van der Waals surface area contributed by atoms with E-state index in [2.05, 4.69) is 15.6 Å². The number of nitrogens with zero attached hydrogens (tertiary/aromatic N) is 2. The monoisotopic (exact) mass is 404 g/mol. The van der Waals surface area contributed by atoms with Crippen molar-refractivity contribution >= 4 is 23.5 Å². The molecule has 0 atom stereocenters. The number of halogens is 1. The molecule has 0 radical (unpaired) electrons. The molecule has 1 spiro atoms. The van der Waals surface area contributed by atoms with Gasteiger partial charge in [-0.05, 0) is 37.1 Å². The van der Waals surface area contributed by atoms with Crippen LogP contribution in [0.25, 0.3) is 0 Å². The second-order valence-electron chi connectivity index (χ2n) is 8.14. The number of imide groups is 1. The summed E-state index contributed by atoms with van der Waals surface area (Å²) in [5.41, 5.74) is 2.63. The van der Waals surface area contributed by atoms with E-state index >= 15 is 0 Å². The van der Waals surface area contributed by atoms with Crippen LogP contribution in [0, 0.1) is 5.82 Å². The van der Waals surface area contributed by atoms with Gasteiger partial charge in [0.25, 0.3) is 11.8 Å². The van der Waals surface area contributed by atoms with E-state index in [0.29, 0.717) is 12.8 Å². The molecule has 1 saturated carbocycles. The van der Waals surface area contributed by atoms with E-state index in [4.69, 9.17) is 0 Å². The SMILES string of the molecule is O=C(C[NH+]1CCN(c2ccc(F)cc2)CC1)NN1C(=O)NC2(CCCCC2)C1=O. The van der Waals surface area contributed by atoms with Gasteiger partial charge in [0.05, 0.1) is 26.2 Å². The Labute approximate surface area is 169 Å². The molecule has 0 unspecified atom stereocenters. The topological polar surface area (TPSA) is 86.2 Å². The number of hydrazine groups is 1. The van der Waals surface area contributed by atoms with E-state index in [9.17, 15) is 18.8 Å². The number of rotatable bonds is 4. The van der Waals surface area contributed by atoms with Crippen LogP contribution in [0.5, 0.6) is 0 Å². The summed E-state index contributed by atoms with van der Waals surface area (Å²) >= 11 is 0. The first-order chi connectivity index (χ1) is 14.0. The number of urea groups is 1. The predicted molar refractivity (Wildman–Crippen MR) is 104 cm³/mol. The van der Waals surface area contributed by atoms with Crippen molar-refractivity contribution in [3.05, 3.63) is 30.1 Å². The minimum absolute atomic E-state index is 0.196. The minimum Gasteiger partial charge on any atom is -0.360 e. The number of hydrogen-bond acceptors (Lipinski definition) is 4. The Morgan fingerprint density at radius 3 is 2.41 bits per heavy atom. The fourth-order valence-electron chi connectivity index (χ4n) is 4.52. The van der Waals surface area contributed by atoms with Gasteiger partial charge < -0.3 is 15.1 Å². The third-order valence-electron chi connectivity index (χ3n) is 6.18. The summed E-state index contributed by atoms with van der Waals surface area (Å²) in [4.78, 5) is 40.7. The third kappa shape index (κ3) is 4.05. The van der Waals surface area contributed by atoms with Gasteiger partial charge in [-0.15, -0.1) is 0 Å². The molecule has 9 heteroatoms. The lowest BCUT2D eigenvalue weighted by Gasteiger charge is -2.33. The number of piperazine rings is 1. The van der Waals surface area contributed by atoms with Gasteiger partial charge in [0.1, 0.15) is 11.4 Å². The van der Waals surface area contributed by atoms with Crippen LogP contribution < -0.4 is 20.5 Å². The molecule has 1 aromatic carbocycles. The molecular formula is C20H27FN5O3+. The van der Waals surface area contributed by atoms with Crippen molar-refractivity contribution in [2.45, 2.75) is 37.6 Å². The summed E-state index contributed by atoms with van der Waals surface area (Å²) in [5, 5.41) is 3.65. The van der Waals surface area contributed by atoms with Gasteiger partial charge in [-0.25, -0.2) is 9.18 Å². The van der Waals surface area contributed by atoms with Crippen molar-refractivity contribution in [1.29, 1.82) is 0 Å². The summed E-state index contributed by atoms with van der Waals surface area (Å²) in [6, 6.07) is 5.86. The molecule has 1 aliphatic carbocycles. The maximum absolute atomic E-state index is 13.1. The fourth-order valence-corrected chi connectivity index (χ4v) is 4.52. The Morgan fingerprint density at radius 2 is 1.76 bits per heavy atom. The maximum Gasteiger partial charge on any atom is 0.344 e. The standard InChI is InChI=1S/C20H26FN5O3/c21-15-4-6-16(7-5-15)25-12-10-24(11-13-25)14-17(27)23-26-18(28)20(22-19(26)29)8-2-1-3-9-20/h4-7H,1-3,8-14H2,(H,22,29)(H,23,27)/p+1. The zero-order valence-electron chi connectivity index (χ0n) is 16.4. The average molecular weight is 404 g/mol. The summed E-state index contributed by atoms with van der Waals surface area (Å²) in [5.74, 6) is -0.941. The van der Waals surface area contributed by atoms with Crippen molar-refractivity contribution < 1.29 is 23.7 Å². The number of anilines is 1. The highest BCUT2D eigenvalue weighted by Crippen LogP contribution is 2.32. The summed E-state index contributed by atoms with van der Waals surface area (Å²) < 4.78 is 13.1. The van der Waals surface area contributed by atoms with Crippen molar-refractivity contribution in [3.8, 4) is 0 Å². The Hall–Kier alpha value is -2.68. The Morgan fingerprint density at radius 1 is 1.10 bits per heavy atom. The van der Waals surface area contributed by atoms with E-state index < -0.39 is 11.6 Å². The van der Waals surface area contributed by atoms with Crippen molar-refractivity contribution in [3.63, 3.8) is 0 Å². The number of amides is 4. The number of nitrogens with one attached hydrogen (secondary N) is 3. The van der Waals surface area contributed by atoms with Gasteiger partial charge >= 0.3 is 6.03 Å². The summed E-state index contributed by atoms with van der Waals surface area (Å²) in [7, 11) is 0. The summed E-state index contributed by atoms with van der Waals surface area (Å²) in [6.07, 6.45) is 4.11. The second-order valence-corrected chi connectivity index (χ2v) is 8.14. The Bertz CT molecular complexity index is 786. The molecular weight excluding hydrogens is 377 g/mol. The minimum atomic E-state index is -0.837. The molecule has 0 bridgehead atoms. The average Bonchev–Trinajstić information content (AvgIpc) is 2.94. The highest BCUT2D eigenvalue weighted by molar-refractivity contribution is 6.08. The molecule has 3 N–H and O–H groups in total. The highest BCUT2D eigenvalue weighted by Gasteiger charge is 2.52. The molecule has 4 rings (SSSR count). The molecule has 3 aliphatic rings. The molecule has 3 fully saturated rings. The molecule has 0 aromatic heterocycles. The first kappa shape index (κ1) is 19.6. The number of carbonyl (C=O) groups is 3. The zero-order chi connectivity index (χ0) is 20.4. The van der Waals surface area contributed by atoms with Crippen LogP contribution in [0.4, 0.5) is 14.9 Å². The largest absolute Gasteiger partial charge is 0.360 e.